The van der Waals surface area contributed by atoms with Crippen LogP contribution in [0.5, 0.6) is 0 Å². The number of nitrogens with zero attached hydrogens (tertiary/aromatic N) is 4. The van der Waals surface area contributed by atoms with E-state index in [0.29, 0.717) is 12.4 Å². The number of hydrazine groups is 1. The van der Waals surface area contributed by atoms with Crippen molar-refractivity contribution in [1.82, 2.24) is 9.99 Å². The topological polar surface area (TPSA) is 72.7 Å². The summed E-state index contributed by atoms with van der Waals surface area (Å²) in [6, 6.07) is 3.87. The summed E-state index contributed by atoms with van der Waals surface area (Å²) in [5, 5.41) is 11.5. The fourth-order valence-electron chi connectivity index (χ4n) is 2.76. The Labute approximate surface area is 155 Å². The van der Waals surface area contributed by atoms with Crippen molar-refractivity contribution in [3.8, 4) is 0 Å². The second-order valence-corrected chi connectivity index (χ2v) is 6.40. The number of amides is 1. The van der Waals surface area contributed by atoms with E-state index in [-0.39, 0.29) is 24.0 Å². The molecular weight excluding hydrogens is 325 g/mol. The van der Waals surface area contributed by atoms with Crippen LogP contribution in [0.1, 0.15) is 25.1 Å². The number of carbonyl (C=O) groups is 1. The molecular formula is C19H26BN5O. The molecule has 2 heterocycles. The van der Waals surface area contributed by atoms with Gasteiger partial charge in [-0.05, 0) is 30.6 Å². The van der Waals surface area contributed by atoms with Crippen LogP contribution in [0, 0.1) is 5.41 Å². The zero-order valence-corrected chi connectivity index (χ0v) is 16.0. The van der Waals surface area contributed by atoms with E-state index in [2.05, 4.69) is 25.4 Å². The summed E-state index contributed by atoms with van der Waals surface area (Å²) < 4.78 is 0. The Morgan fingerprint density at radius 3 is 2.62 bits per heavy atom. The number of anilines is 1. The van der Waals surface area contributed by atoms with Gasteiger partial charge in [0.05, 0.1) is 6.54 Å². The second-order valence-electron chi connectivity index (χ2n) is 6.40. The lowest BCUT2D eigenvalue weighted by molar-refractivity contribution is -0.124. The molecule has 0 radical (unpaired) electrons. The van der Waals surface area contributed by atoms with Crippen LogP contribution < -0.4 is 5.01 Å². The molecule has 1 aliphatic rings. The van der Waals surface area contributed by atoms with E-state index in [4.69, 9.17) is 10.4 Å². The van der Waals surface area contributed by atoms with E-state index in [1.807, 2.05) is 25.8 Å². The first-order valence-electron chi connectivity index (χ1n) is 8.98. The van der Waals surface area contributed by atoms with Crippen molar-refractivity contribution < 1.29 is 4.79 Å². The van der Waals surface area contributed by atoms with E-state index in [1.54, 1.807) is 17.2 Å². The summed E-state index contributed by atoms with van der Waals surface area (Å²) in [6.45, 7) is 12.4. The van der Waals surface area contributed by atoms with Crippen LogP contribution in [0.4, 0.5) is 5.82 Å². The average Bonchev–Trinajstić information content (AvgIpc) is 2.85. The number of hydrogen-bond acceptors (Lipinski definition) is 4. The first-order valence-corrected chi connectivity index (χ1v) is 8.98. The third kappa shape index (κ3) is 3.93. The molecule has 136 valence electrons. The average molecular weight is 351 g/mol. The molecule has 0 aromatic carbocycles. The Morgan fingerprint density at radius 1 is 1.31 bits per heavy atom. The lowest BCUT2D eigenvalue weighted by atomic mass is 9.56. The Hall–Kier alpha value is -2.70. The lowest BCUT2D eigenvalue weighted by Crippen LogP contribution is -2.41. The smallest absolute Gasteiger partial charge is 0.278 e. The zero-order chi connectivity index (χ0) is 19.3. The summed E-state index contributed by atoms with van der Waals surface area (Å²) >= 11 is 0. The lowest BCUT2D eigenvalue weighted by Gasteiger charge is -2.27. The number of aryl methyl sites for hydroxylation is 2. The highest BCUT2D eigenvalue weighted by molar-refractivity contribution is 6.83. The van der Waals surface area contributed by atoms with Crippen LogP contribution in [0.15, 0.2) is 41.6 Å². The minimum Gasteiger partial charge on any atom is -0.282 e. The summed E-state index contributed by atoms with van der Waals surface area (Å²) in [4.78, 5) is 21.7. The highest BCUT2D eigenvalue weighted by Crippen LogP contribution is 2.27. The molecule has 1 amide bonds. The predicted molar refractivity (Wildman–Crippen MR) is 109 cm³/mol. The van der Waals surface area contributed by atoms with E-state index in [0.717, 1.165) is 18.5 Å². The van der Waals surface area contributed by atoms with Crippen molar-refractivity contribution in [2.45, 2.75) is 40.3 Å². The van der Waals surface area contributed by atoms with Gasteiger partial charge in [0.1, 0.15) is 5.57 Å². The SMILES string of the molecule is C=CCN1C(=O)/C(=C/N=C/B(C)C)C(=N)N1c1ccc(CC)c(CC)n1. The maximum absolute atomic E-state index is 12.8. The fourth-order valence-corrected chi connectivity index (χ4v) is 2.76. The maximum atomic E-state index is 12.8. The number of hydrogen-bond donors (Lipinski definition) is 1. The van der Waals surface area contributed by atoms with Crippen molar-refractivity contribution >= 4 is 30.4 Å². The van der Waals surface area contributed by atoms with Gasteiger partial charge in [-0.3, -0.25) is 15.2 Å². The summed E-state index contributed by atoms with van der Waals surface area (Å²) in [5.41, 5.74) is 2.42. The largest absolute Gasteiger partial charge is 0.282 e. The molecule has 1 fully saturated rings. The Morgan fingerprint density at radius 2 is 2.04 bits per heavy atom. The number of rotatable bonds is 7. The van der Waals surface area contributed by atoms with Crippen molar-refractivity contribution in [3.05, 3.63) is 47.8 Å². The van der Waals surface area contributed by atoms with Gasteiger partial charge in [-0.1, -0.05) is 39.6 Å². The van der Waals surface area contributed by atoms with E-state index in [1.165, 1.54) is 16.8 Å². The first kappa shape index (κ1) is 19.6. The molecule has 0 spiro atoms. The van der Waals surface area contributed by atoms with Gasteiger partial charge in [-0.25, -0.2) is 15.0 Å². The zero-order valence-electron chi connectivity index (χ0n) is 16.0. The molecule has 1 aromatic heterocycles. The van der Waals surface area contributed by atoms with Crippen LogP contribution in [-0.2, 0) is 17.6 Å². The maximum Gasteiger partial charge on any atom is 0.278 e. The van der Waals surface area contributed by atoms with Gasteiger partial charge in [-0.2, -0.15) is 0 Å². The minimum atomic E-state index is -0.268. The van der Waals surface area contributed by atoms with Crippen LogP contribution in [0.2, 0.25) is 13.6 Å². The van der Waals surface area contributed by atoms with Gasteiger partial charge in [-0.15, -0.1) is 6.58 Å². The predicted octanol–water partition coefficient (Wildman–Crippen LogP) is 3.18. The summed E-state index contributed by atoms with van der Waals surface area (Å²) in [6.07, 6.45) is 6.55. The molecule has 1 aliphatic heterocycles. The number of nitrogens with one attached hydrogen (secondary N) is 1. The quantitative estimate of drug-likeness (QED) is 0.355. The normalized spacial score (nSPS) is 16.2. The van der Waals surface area contributed by atoms with Crippen LogP contribution >= 0.6 is 0 Å². The molecule has 1 saturated heterocycles. The number of aliphatic imine (C=N–C) groups is 1. The van der Waals surface area contributed by atoms with Crippen LogP contribution in [0.25, 0.3) is 0 Å². The molecule has 1 N–H and O–H groups in total. The standard InChI is InChI=1S/C19H26BN5O/c1-6-11-24-19(26)15(12-22-13-20(4)5)18(21)25(24)17-10-9-14(7-2)16(8-3)23-17/h6,9-10,12-13,21H,1,7-8,11H2,2-5H3/b15-12+,21-18?,22-13+. The van der Waals surface area contributed by atoms with Crippen molar-refractivity contribution in [2.24, 2.45) is 4.99 Å². The van der Waals surface area contributed by atoms with Crippen LogP contribution in [-0.4, -0.2) is 41.1 Å². The molecule has 0 atom stereocenters. The van der Waals surface area contributed by atoms with Gasteiger partial charge >= 0.3 is 0 Å². The summed E-state index contributed by atoms with van der Waals surface area (Å²) in [5.74, 6) is 0.377. The molecule has 0 unspecified atom stereocenters. The minimum absolute atomic E-state index is 0.0801. The van der Waals surface area contributed by atoms with E-state index < -0.39 is 0 Å². The molecule has 0 bridgehead atoms. The first-order chi connectivity index (χ1) is 12.4. The Balaban J connectivity index is 2.47. The third-order valence-electron chi connectivity index (χ3n) is 4.05. The highest BCUT2D eigenvalue weighted by Gasteiger charge is 2.39. The summed E-state index contributed by atoms with van der Waals surface area (Å²) in [7, 11) is 0. The molecule has 26 heavy (non-hydrogen) atoms. The molecule has 2 rings (SSSR count). The van der Waals surface area contributed by atoms with Gasteiger partial charge in [0.25, 0.3) is 5.91 Å². The number of carbonyl (C=O) groups excluding carboxylic acids is 1. The van der Waals surface area contributed by atoms with Gasteiger partial charge < -0.3 is 0 Å². The monoisotopic (exact) mass is 351 g/mol. The van der Waals surface area contributed by atoms with Crippen molar-refractivity contribution in [3.63, 3.8) is 0 Å². The van der Waals surface area contributed by atoms with Crippen molar-refractivity contribution in [1.29, 1.82) is 5.41 Å². The third-order valence-corrected chi connectivity index (χ3v) is 4.05. The Bertz CT molecular complexity index is 769. The van der Waals surface area contributed by atoms with Gasteiger partial charge in [0.15, 0.2) is 18.4 Å². The van der Waals surface area contributed by atoms with Crippen LogP contribution in [0.3, 0.4) is 0 Å². The Kier molecular flexibility index (Phi) is 6.49. The number of aromatic nitrogens is 1. The van der Waals surface area contributed by atoms with E-state index >= 15 is 0 Å². The highest BCUT2D eigenvalue weighted by atomic mass is 16.2. The molecule has 6 nitrogen and oxygen atoms in total. The molecule has 0 aliphatic carbocycles. The molecule has 1 aromatic rings. The van der Waals surface area contributed by atoms with Crippen molar-refractivity contribution in [2.75, 3.05) is 11.6 Å². The second kappa shape index (κ2) is 8.60. The number of amidine groups is 1. The van der Waals surface area contributed by atoms with E-state index in [9.17, 15) is 4.79 Å². The molecule has 0 saturated carbocycles. The number of pyridine rings is 1. The van der Waals surface area contributed by atoms with Gasteiger partial charge in [0.2, 0.25) is 0 Å². The fraction of sp³-hybridized carbons (Fsp3) is 0.368. The van der Waals surface area contributed by atoms with Gasteiger partial charge in [0, 0.05) is 11.9 Å². The molecule has 7 heteroatoms.